The lowest BCUT2D eigenvalue weighted by atomic mass is 10.1. The summed E-state index contributed by atoms with van der Waals surface area (Å²) in [6.45, 7) is 4.32. The van der Waals surface area contributed by atoms with Crippen molar-refractivity contribution < 1.29 is 14.2 Å². The van der Waals surface area contributed by atoms with Crippen molar-refractivity contribution in [2.24, 2.45) is 0 Å². The van der Waals surface area contributed by atoms with Gasteiger partial charge in [0.1, 0.15) is 6.10 Å². The van der Waals surface area contributed by atoms with Crippen molar-refractivity contribution in [3.63, 3.8) is 0 Å². The second-order valence-electron chi connectivity index (χ2n) is 5.58. The summed E-state index contributed by atoms with van der Waals surface area (Å²) >= 11 is 0. The molecule has 0 bridgehead atoms. The number of benzene rings is 1. The number of para-hydroxylation sites is 2. The lowest BCUT2D eigenvalue weighted by molar-refractivity contribution is 0.162. The summed E-state index contributed by atoms with van der Waals surface area (Å²) in [6, 6.07) is 9.59. The van der Waals surface area contributed by atoms with Gasteiger partial charge < -0.3 is 19.1 Å². The third-order valence-electron chi connectivity index (χ3n) is 3.99. The molecular weight excluding hydrogens is 306 g/mol. The van der Waals surface area contributed by atoms with E-state index >= 15 is 0 Å². The summed E-state index contributed by atoms with van der Waals surface area (Å²) in [5, 5.41) is 0. The van der Waals surface area contributed by atoms with E-state index in [-0.39, 0.29) is 6.10 Å². The van der Waals surface area contributed by atoms with Gasteiger partial charge in [-0.1, -0.05) is 12.1 Å². The topological polar surface area (TPSA) is 56.7 Å². The van der Waals surface area contributed by atoms with Crippen molar-refractivity contribution in [2.45, 2.75) is 25.9 Å². The number of ether oxygens (including phenoxy) is 3. The molecule has 0 unspecified atom stereocenters. The molecule has 0 spiro atoms. The van der Waals surface area contributed by atoms with E-state index < -0.39 is 0 Å². The maximum Gasteiger partial charge on any atom is 0.228 e. The zero-order valence-corrected chi connectivity index (χ0v) is 14.1. The Morgan fingerprint density at radius 2 is 1.88 bits per heavy atom. The summed E-state index contributed by atoms with van der Waals surface area (Å²) in [6.07, 6.45) is 3.73. The molecule has 0 saturated carbocycles. The molecule has 0 aliphatic carbocycles. The Bertz CT molecular complexity index is 657. The van der Waals surface area contributed by atoms with Crippen molar-refractivity contribution in [3.05, 3.63) is 36.5 Å². The highest BCUT2D eigenvalue weighted by molar-refractivity contribution is 5.40. The lowest BCUT2D eigenvalue weighted by Crippen LogP contribution is -2.39. The van der Waals surface area contributed by atoms with Crippen LogP contribution < -0.4 is 19.1 Å². The van der Waals surface area contributed by atoms with Crippen LogP contribution in [0, 0.1) is 0 Å². The summed E-state index contributed by atoms with van der Waals surface area (Å²) < 4.78 is 16.9. The summed E-state index contributed by atoms with van der Waals surface area (Å²) in [7, 11) is 1.61. The standard InChI is InChI=1S/C18H23N3O3/c1-3-23-15-6-4-5-7-16(15)24-14-9-12-21(13-10-14)18-19-11-8-17(20-18)22-2/h4-8,11,14H,3,9-10,12-13H2,1-2H3. The minimum absolute atomic E-state index is 0.175. The number of anilines is 1. The van der Waals surface area contributed by atoms with E-state index in [0.717, 1.165) is 37.4 Å². The minimum atomic E-state index is 0.175. The first-order valence-electron chi connectivity index (χ1n) is 8.30. The normalized spacial score (nSPS) is 15.2. The SMILES string of the molecule is CCOc1ccccc1OC1CCN(c2nccc(OC)n2)CC1. The molecule has 128 valence electrons. The number of nitrogens with zero attached hydrogens (tertiary/aromatic N) is 3. The van der Waals surface area contributed by atoms with E-state index in [0.29, 0.717) is 18.4 Å². The molecule has 2 aromatic rings. The smallest absolute Gasteiger partial charge is 0.228 e. The second kappa shape index (κ2) is 7.86. The van der Waals surface area contributed by atoms with E-state index in [4.69, 9.17) is 14.2 Å². The Hall–Kier alpha value is -2.50. The molecule has 0 N–H and O–H groups in total. The number of rotatable bonds is 6. The number of aromatic nitrogens is 2. The fourth-order valence-electron chi connectivity index (χ4n) is 2.77. The third-order valence-corrected chi connectivity index (χ3v) is 3.99. The molecule has 1 aromatic heterocycles. The number of piperidine rings is 1. The van der Waals surface area contributed by atoms with Crippen LogP contribution in [-0.2, 0) is 0 Å². The maximum atomic E-state index is 6.15. The van der Waals surface area contributed by atoms with Crippen molar-refractivity contribution >= 4 is 5.95 Å². The number of methoxy groups -OCH3 is 1. The molecule has 0 radical (unpaired) electrons. The zero-order valence-electron chi connectivity index (χ0n) is 14.1. The molecule has 1 fully saturated rings. The van der Waals surface area contributed by atoms with Crippen molar-refractivity contribution in [1.82, 2.24) is 9.97 Å². The molecule has 1 aliphatic heterocycles. The fraction of sp³-hybridized carbons (Fsp3) is 0.444. The highest BCUT2D eigenvalue weighted by atomic mass is 16.5. The van der Waals surface area contributed by atoms with Gasteiger partial charge in [-0.05, 0) is 19.1 Å². The maximum absolute atomic E-state index is 6.15. The molecular formula is C18H23N3O3. The van der Waals surface area contributed by atoms with E-state index in [2.05, 4.69) is 14.9 Å². The molecule has 6 nitrogen and oxygen atoms in total. The van der Waals surface area contributed by atoms with Crippen LogP contribution in [0.2, 0.25) is 0 Å². The van der Waals surface area contributed by atoms with Crippen molar-refractivity contribution in [1.29, 1.82) is 0 Å². The monoisotopic (exact) mass is 329 g/mol. The van der Waals surface area contributed by atoms with E-state index in [1.54, 1.807) is 19.4 Å². The molecule has 2 heterocycles. The summed E-state index contributed by atoms with van der Waals surface area (Å²) in [4.78, 5) is 10.9. The molecule has 0 amide bonds. The van der Waals surface area contributed by atoms with Crippen LogP contribution in [0.1, 0.15) is 19.8 Å². The van der Waals surface area contributed by atoms with Gasteiger partial charge in [-0.2, -0.15) is 4.98 Å². The van der Waals surface area contributed by atoms with Crippen LogP contribution in [0.5, 0.6) is 17.4 Å². The first-order chi connectivity index (χ1) is 11.8. The Labute approximate surface area is 142 Å². The highest BCUT2D eigenvalue weighted by Gasteiger charge is 2.23. The molecule has 0 atom stereocenters. The molecule has 24 heavy (non-hydrogen) atoms. The van der Waals surface area contributed by atoms with Gasteiger partial charge in [-0.3, -0.25) is 0 Å². The van der Waals surface area contributed by atoms with Gasteiger partial charge >= 0.3 is 0 Å². The predicted octanol–water partition coefficient (Wildman–Crippen LogP) is 2.93. The van der Waals surface area contributed by atoms with E-state index in [1.165, 1.54) is 0 Å². The molecule has 1 aliphatic rings. The Morgan fingerprint density at radius 3 is 2.58 bits per heavy atom. The average Bonchev–Trinajstić information content (AvgIpc) is 2.64. The van der Waals surface area contributed by atoms with Gasteiger partial charge in [-0.25, -0.2) is 4.98 Å². The van der Waals surface area contributed by atoms with Crippen LogP contribution in [0.15, 0.2) is 36.5 Å². The first-order valence-corrected chi connectivity index (χ1v) is 8.30. The van der Waals surface area contributed by atoms with Gasteiger partial charge in [0, 0.05) is 38.2 Å². The Kier molecular flexibility index (Phi) is 5.36. The quantitative estimate of drug-likeness (QED) is 0.812. The third kappa shape index (κ3) is 3.88. The Morgan fingerprint density at radius 1 is 1.12 bits per heavy atom. The van der Waals surface area contributed by atoms with Crippen LogP contribution in [0.4, 0.5) is 5.95 Å². The van der Waals surface area contributed by atoms with Crippen molar-refractivity contribution in [3.8, 4) is 17.4 Å². The van der Waals surface area contributed by atoms with Crippen LogP contribution in [-0.4, -0.2) is 42.9 Å². The number of hydrogen-bond donors (Lipinski definition) is 0. The summed E-state index contributed by atoms with van der Waals surface area (Å²) in [5.41, 5.74) is 0. The molecule has 6 heteroatoms. The first kappa shape index (κ1) is 16.4. The lowest BCUT2D eigenvalue weighted by Gasteiger charge is -2.32. The fourth-order valence-corrected chi connectivity index (χ4v) is 2.77. The van der Waals surface area contributed by atoms with Gasteiger partial charge in [0.25, 0.3) is 0 Å². The van der Waals surface area contributed by atoms with E-state index in [9.17, 15) is 0 Å². The number of hydrogen-bond acceptors (Lipinski definition) is 6. The van der Waals surface area contributed by atoms with Crippen LogP contribution in [0.3, 0.4) is 0 Å². The zero-order chi connectivity index (χ0) is 16.8. The second-order valence-corrected chi connectivity index (χ2v) is 5.58. The minimum Gasteiger partial charge on any atom is -0.490 e. The van der Waals surface area contributed by atoms with Crippen LogP contribution >= 0.6 is 0 Å². The average molecular weight is 329 g/mol. The molecule has 1 aromatic carbocycles. The largest absolute Gasteiger partial charge is 0.490 e. The predicted molar refractivity (Wildman–Crippen MR) is 92.1 cm³/mol. The van der Waals surface area contributed by atoms with Crippen LogP contribution in [0.25, 0.3) is 0 Å². The Balaban J connectivity index is 1.59. The van der Waals surface area contributed by atoms with E-state index in [1.807, 2.05) is 31.2 Å². The summed E-state index contributed by atoms with van der Waals surface area (Å²) in [5.74, 6) is 2.92. The van der Waals surface area contributed by atoms with Gasteiger partial charge in [-0.15, -0.1) is 0 Å². The van der Waals surface area contributed by atoms with Gasteiger partial charge in [0.05, 0.1) is 13.7 Å². The van der Waals surface area contributed by atoms with Crippen molar-refractivity contribution in [2.75, 3.05) is 31.7 Å². The molecule has 1 saturated heterocycles. The van der Waals surface area contributed by atoms with Gasteiger partial charge in [0.15, 0.2) is 11.5 Å². The molecule has 3 rings (SSSR count). The highest BCUT2D eigenvalue weighted by Crippen LogP contribution is 2.29. The van der Waals surface area contributed by atoms with Gasteiger partial charge in [0.2, 0.25) is 11.8 Å².